The second-order valence-electron chi connectivity index (χ2n) is 4.44. The highest BCUT2D eigenvalue weighted by atomic mass is 32.1. The minimum Gasteiger partial charge on any atom is -0.483 e. The van der Waals surface area contributed by atoms with Crippen LogP contribution >= 0.6 is 11.3 Å². The molecule has 2 N–H and O–H groups in total. The van der Waals surface area contributed by atoms with Gasteiger partial charge in [-0.3, -0.25) is 10.1 Å². The Kier molecular flexibility index (Phi) is 4.54. The summed E-state index contributed by atoms with van der Waals surface area (Å²) in [5.41, 5.74) is 1.67. The van der Waals surface area contributed by atoms with Gasteiger partial charge in [0.15, 0.2) is 11.7 Å². The number of carboxylic acid groups (broad SMARTS) is 1. The molecule has 2 rings (SSSR count). The van der Waals surface area contributed by atoms with E-state index in [4.69, 9.17) is 9.84 Å². The van der Waals surface area contributed by atoms with Gasteiger partial charge in [-0.1, -0.05) is 11.6 Å². The lowest BCUT2D eigenvalue weighted by atomic mass is 10.1. The number of hydrogen-bond donors (Lipinski definition) is 2. The molecule has 21 heavy (non-hydrogen) atoms. The number of ether oxygens (including phenoxy) is 1. The first kappa shape index (κ1) is 15.0. The monoisotopic (exact) mass is 306 g/mol. The maximum absolute atomic E-state index is 11.7. The second kappa shape index (κ2) is 6.36. The minimum atomic E-state index is -1.09. The van der Waals surface area contributed by atoms with Gasteiger partial charge in [0, 0.05) is 5.38 Å². The van der Waals surface area contributed by atoms with Crippen molar-refractivity contribution in [1.29, 1.82) is 0 Å². The fraction of sp³-hybridized carbons (Fsp3) is 0.214. The third-order valence-electron chi connectivity index (χ3n) is 2.59. The molecule has 0 fully saturated rings. The van der Waals surface area contributed by atoms with Gasteiger partial charge in [0.1, 0.15) is 11.3 Å². The lowest BCUT2D eigenvalue weighted by molar-refractivity contribution is -0.118. The Morgan fingerprint density at radius 3 is 2.76 bits per heavy atom. The van der Waals surface area contributed by atoms with E-state index in [2.05, 4.69) is 10.3 Å². The van der Waals surface area contributed by atoms with Crippen molar-refractivity contribution in [1.82, 2.24) is 4.98 Å². The van der Waals surface area contributed by atoms with E-state index in [0.717, 1.165) is 11.3 Å². The van der Waals surface area contributed by atoms with Gasteiger partial charge in [-0.05, 0) is 26.0 Å². The Bertz CT molecular complexity index is 681. The first-order valence-corrected chi connectivity index (χ1v) is 7.02. The molecule has 0 bridgehead atoms. The number of nitrogens with zero attached hydrogens (tertiary/aromatic N) is 1. The molecule has 1 amide bonds. The highest BCUT2D eigenvalue weighted by Crippen LogP contribution is 2.20. The highest BCUT2D eigenvalue weighted by molar-refractivity contribution is 7.13. The summed E-state index contributed by atoms with van der Waals surface area (Å²) in [7, 11) is 0. The smallest absolute Gasteiger partial charge is 0.339 e. The molecule has 0 saturated carbocycles. The van der Waals surface area contributed by atoms with E-state index in [0.29, 0.717) is 5.13 Å². The molecule has 0 unspecified atom stereocenters. The lowest BCUT2D eigenvalue weighted by Crippen LogP contribution is -2.20. The van der Waals surface area contributed by atoms with Gasteiger partial charge >= 0.3 is 5.97 Å². The van der Waals surface area contributed by atoms with Gasteiger partial charge in [0.05, 0.1) is 5.69 Å². The van der Waals surface area contributed by atoms with Crippen molar-refractivity contribution < 1.29 is 19.4 Å². The molecule has 2 aromatic rings. The third-order valence-corrected chi connectivity index (χ3v) is 3.47. The summed E-state index contributed by atoms with van der Waals surface area (Å²) in [6.07, 6.45) is 0. The maximum atomic E-state index is 11.7. The fourth-order valence-corrected chi connectivity index (χ4v) is 2.35. The van der Waals surface area contributed by atoms with Gasteiger partial charge in [-0.15, -0.1) is 11.3 Å². The van der Waals surface area contributed by atoms with Crippen molar-refractivity contribution >= 4 is 28.3 Å². The standard InChI is InChI=1S/C14H14N2O4S/c1-8-3-4-11(10(5-8)13(18)19)20-6-12(17)16-14-15-9(2)7-21-14/h3-5,7H,6H2,1-2H3,(H,18,19)(H,15,16,17). The van der Waals surface area contributed by atoms with Crippen LogP contribution in [0.2, 0.25) is 0 Å². The van der Waals surface area contributed by atoms with E-state index >= 15 is 0 Å². The molecule has 0 atom stereocenters. The molecule has 6 nitrogen and oxygen atoms in total. The summed E-state index contributed by atoms with van der Waals surface area (Å²) in [4.78, 5) is 26.9. The average molecular weight is 306 g/mol. The summed E-state index contributed by atoms with van der Waals surface area (Å²) in [5.74, 6) is -1.32. The largest absolute Gasteiger partial charge is 0.483 e. The van der Waals surface area contributed by atoms with Gasteiger partial charge in [-0.2, -0.15) is 0 Å². The van der Waals surface area contributed by atoms with Crippen molar-refractivity contribution in [2.24, 2.45) is 0 Å². The predicted octanol–water partition coefficient (Wildman–Crippen LogP) is 2.48. The van der Waals surface area contributed by atoms with Gasteiger partial charge in [-0.25, -0.2) is 9.78 Å². The molecule has 1 aromatic carbocycles. The Morgan fingerprint density at radius 2 is 2.14 bits per heavy atom. The molecule has 0 aliphatic carbocycles. The van der Waals surface area contributed by atoms with Crippen LogP contribution in [0.5, 0.6) is 5.75 Å². The van der Waals surface area contributed by atoms with Crippen LogP contribution in [0, 0.1) is 13.8 Å². The molecule has 0 radical (unpaired) electrons. The maximum Gasteiger partial charge on any atom is 0.339 e. The van der Waals surface area contributed by atoms with E-state index in [1.54, 1.807) is 19.1 Å². The highest BCUT2D eigenvalue weighted by Gasteiger charge is 2.13. The molecule has 0 spiro atoms. The zero-order valence-electron chi connectivity index (χ0n) is 11.5. The summed E-state index contributed by atoms with van der Waals surface area (Å²) < 4.78 is 5.28. The molecule has 7 heteroatoms. The van der Waals surface area contributed by atoms with Crippen molar-refractivity contribution in [2.45, 2.75) is 13.8 Å². The summed E-state index contributed by atoms with van der Waals surface area (Å²) in [5, 5.41) is 14.0. The van der Waals surface area contributed by atoms with Crippen molar-refractivity contribution in [3.8, 4) is 5.75 Å². The predicted molar refractivity (Wildman–Crippen MR) is 79.1 cm³/mol. The molecule has 0 aliphatic heterocycles. The Morgan fingerprint density at radius 1 is 1.38 bits per heavy atom. The number of rotatable bonds is 5. The van der Waals surface area contributed by atoms with Crippen LogP contribution in [0.1, 0.15) is 21.6 Å². The van der Waals surface area contributed by atoms with Crippen molar-refractivity contribution in [3.63, 3.8) is 0 Å². The van der Waals surface area contributed by atoms with Crippen LogP contribution in [0.15, 0.2) is 23.6 Å². The number of hydrogen-bond acceptors (Lipinski definition) is 5. The van der Waals surface area contributed by atoms with E-state index in [9.17, 15) is 9.59 Å². The first-order chi connectivity index (χ1) is 9.95. The molecule has 0 saturated heterocycles. The van der Waals surface area contributed by atoms with Crippen LogP contribution in [-0.4, -0.2) is 28.6 Å². The zero-order valence-corrected chi connectivity index (χ0v) is 12.4. The Balaban J connectivity index is 1.99. The number of aryl methyl sites for hydroxylation is 2. The number of anilines is 1. The van der Waals surface area contributed by atoms with Crippen LogP contribution in [0.4, 0.5) is 5.13 Å². The number of benzene rings is 1. The number of nitrogens with one attached hydrogen (secondary N) is 1. The zero-order chi connectivity index (χ0) is 15.4. The first-order valence-electron chi connectivity index (χ1n) is 6.14. The van der Waals surface area contributed by atoms with Crippen LogP contribution in [0.3, 0.4) is 0 Å². The normalized spacial score (nSPS) is 10.2. The van der Waals surface area contributed by atoms with Crippen molar-refractivity contribution in [2.75, 3.05) is 11.9 Å². The van der Waals surface area contributed by atoms with Crippen molar-refractivity contribution in [3.05, 3.63) is 40.4 Å². The van der Waals surface area contributed by atoms with Crippen LogP contribution in [0.25, 0.3) is 0 Å². The Labute approximate surface area is 125 Å². The van der Waals surface area contributed by atoms with E-state index < -0.39 is 5.97 Å². The fourth-order valence-electron chi connectivity index (χ4n) is 1.65. The molecular weight excluding hydrogens is 292 g/mol. The SMILES string of the molecule is Cc1ccc(OCC(=O)Nc2nc(C)cs2)c(C(=O)O)c1. The Hall–Kier alpha value is -2.41. The number of aromatic carboxylic acids is 1. The second-order valence-corrected chi connectivity index (χ2v) is 5.29. The van der Waals surface area contributed by atoms with E-state index in [1.807, 2.05) is 12.3 Å². The van der Waals surface area contributed by atoms with Crippen LogP contribution < -0.4 is 10.1 Å². The number of thiazole rings is 1. The topological polar surface area (TPSA) is 88.5 Å². The van der Waals surface area contributed by atoms with Gasteiger partial charge in [0.2, 0.25) is 0 Å². The lowest BCUT2D eigenvalue weighted by Gasteiger charge is -2.09. The number of carbonyl (C=O) groups is 2. The van der Waals surface area contributed by atoms with Crippen LogP contribution in [-0.2, 0) is 4.79 Å². The molecule has 110 valence electrons. The average Bonchev–Trinajstić information content (AvgIpc) is 2.82. The summed E-state index contributed by atoms with van der Waals surface area (Å²) in [6, 6.07) is 4.77. The minimum absolute atomic E-state index is 0.0351. The summed E-state index contributed by atoms with van der Waals surface area (Å²) >= 11 is 1.32. The van der Waals surface area contributed by atoms with Gasteiger partial charge in [0.25, 0.3) is 5.91 Å². The number of carboxylic acids is 1. The molecular formula is C14H14N2O4S. The third kappa shape index (κ3) is 4.03. The quantitative estimate of drug-likeness (QED) is 0.886. The molecule has 1 heterocycles. The molecule has 0 aliphatic rings. The number of carbonyl (C=O) groups excluding carboxylic acids is 1. The molecule has 1 aromatic heterocycles. The van der Waals surface area contributed by atoms with E-state index in [1.165, 1.54) is 17.4 Å². The summed E-state index contributed by atoms with van der Waals surface area (Å²) in [6.45, 7) is 3.34. The number of amides is 1. The van der Waals surface area contributed by atoms with Gasteiger partial charge < -0.3 is 9.84 Å². The number of aromatic nitrogens is 1. The van der Waals surface area contributed by atoms with E-state index in [-0.39, 0.29) is 23.8 Å².